The highest BCUT2D eigenvalue weighted by atomic mass is 19.1. The van der Waals surface area contributed by atoms with Crippen LogP contribution in [0.25, 0.3) is 32.9 Å². The van der Waals surface area contributed by atoms with E-state index in [4.69, 9.17) is 9.72 Å². The first-order chi connectivity index (χ1) is 19.1. The summed E-state index contributed by atoms with van der Waals surface area (Å²) in [6, 6.07) is 10.4. The lowest BCUT2D eigenvalue weighted by atomic mass is 9.95. The van der Waals surface area contributed by atoms with Crippen LogP contribution in [0, 0.1) is 5.82 Å². The molecular formula is C29H31F2N7O. The second kappa shape index (κ2) is 8.82. The fourth-order valence-corrected chi connectivity index (χ4v) is 7.46. The summed E-state index contributed by atoms with van der Waals surface area (Å²) in [6.07, 6.45) is 5.51. The molecule has 4 aliphatic heterocycles. The molecule has 10 heteroatoms. The van der Waals surface area contributed by atoms with E-state index >= 15 is 4.39 Å². The number of benzene rings is 2. The fraction of sp³-hybridized carbons (Fsp3) is 0.483. The predicted octanol–water partition coefficient (Wildman–Crippen LogP) is 4.21. The fourth-order valence-electron chi connectivity index (χ4n) is 7.46. The third-order valence-electron chi connectivity index (χ3n) is 9.29. The van der Waals surface area contributed by atoms with Gasteiger partial charge in [-0.3, -0.25) is 10.00 Å². The molecule has 2 N–H and O–H groups in total. The number of aromatic amines is 1. The standard InChI is InChI=1S/C29H31F2N7O/c30-17-11-29(9-2-10-38(29)13-17)16-39-28-34-26-22(27(35-28)37-14-18-5-6-19(15-37)33-18)8-7-21(25(26)31)20-3-1-4-24-23(20)12-32-36-24/h1,3-4,7-8,12,17-19,33H,2,5-6,9-11,13-16H2,(H,32,36)/t17-,18?,19?,29+/m1/s1. The summed E-state index contributed by atoms with van der Waals surface area (Å²) in [4.78, 5) is 14.0. The van der Waals surface area contributed by atoms with Crippen LogP contribution in [-0.4, -0.2) is 81.6 Å². The Balaban J connectivity index is 1.23. The average Bonchev–Trinajstić information content (AvgIpc) is 3.71. The van der Waals surface area contributed by atoms with Crippen molar-refractivity contribution in [2.45, 2.75) is 55.9 Å². The van der Waals surface area contributed by atoms with Crippen LogP contribution < -0.4 is 15.0 Å². The van der Waals surface area contributed by atoms with E-state index in [9.17, 15) is 4.39 Å². The van der Waals surface area contributed by atoms with Crippen LogP contribution in [-0.2, 0) is 0 Å². The minimum Gasteiger partial charge on any atom is -0.461 e. The van der Waals surface area contributed by atoms with Gasteiger partial charge in [0.15, 0.2) is 5.82 Å². The third-order valence-corrected chi connectivity index (χ3v) is 9.29. The SMILES string of the molecule is Fc1c(-c2cccc3[nH]ncc23)ccc2c(N3CC4CCC(C3)N4)nc(OC[C@@]34CCCN3C[C@H](F)C4)nc12. The van der Waals surface area contributed by atoms with E-state index in [0.717, 1.165) is 61.8 Å². The van der Waals surface area contributed by atoms with Crippen LogP contribution in [0.15, 0.2) is 36.5 Å². The van der Waals surface area contributed by atoms with Gasteiger partial charge in [0.1, 0.15) is 24.1 Å². The zero-order valence-corrected chi connectivity index (χ0v) is 21.7. The molecule has 4 aliphatic rings. The summed E-state index contributed by atoms with van der Waals surface area (Å²) in [7, 11) is 0. The van der Waals surface area contributed by atoms with Gasteiger partial charge in [-0.15, -0.1) is 0 Å². The molecule has 4 fully saturated rings. The summed E-state index contributed by atoms with van der Waals surface area (Å²) in [6.45, 7) is 3.26. The van der Waals surface area contributed by atoms with Crippen molar-refractivity contribution in [3.8, 4) is 17.1 Å². The average molecular weight is 532 g/mol. The number of halogens is 2. The normalized spacial score (nSPS) is 28.6. The van der Waals surface area contributed by atoms with E-state index in [0.29, 0.717) is 48.4 Å². The Labute approximate surface area is 224 Å². The number of ether oxygens (including phenoxy) is 1. The summed E-state index contributed by atoms with van der Waals surface area (Å²) in [5.41, 5.74) is 1.97. The van der Waals surface area contributed by atoms with E-state index < -0.39 is 12.0 Å². The van der Waals surface area contributed by atoms with Crippen molar-refractivity contribution in [1.29, 1.82) is 0 Å². The molecule has 0 spiro atoms. The molecule has 0 aliphatic carbocycles. The molecule has 4 atom stereocenters. The second-order valence-electron chi connectivity index (χ2n) is 11.7. The van der Waals surface area contributed by atoms with E-state index in [-0.39, 0.29) is 17.1 Å². The van der Waals surface area contributed by atoms with Crippen LogP contribution in [0.4, 0.5) is 14.6 Å². The molecule has 2 aromatic heterocycles. The van der Waals surface area contributed by atoms with Crippen molar-refractivity contribution in [2.75, 3.05) is 37.7 Å². The number of rotatable bonds is 5. The lowest BCUT2D eigenvalue weighted by Crippen LogP contribution is -2.51. The van der Waals surface area contributed by atoms with Gasteiger partial charge in [0.05, 0.1) is 17.3 Å². The minimum atomic E-state index is -0.844. The van der Waals surface area contributed by atoms with E-state index in [2.05, 4.69) is 30.3 Å². The topological polar surface area (TPSA) is 82.2 Å². The number of anilines is 1. The molecule has 4 saturated heterocycles. The largest absolute Gasteiger partial charge is 0.461 e. The van der Waals surface area contributed by atoms with Gasteiger partial charge in [-0.05, 0) is 49.9 Å². The Bertz CT molecular complexity index is 1560. The predicted molar refractivity (Wildman–Crippen MR) is 145 cm³/mol. The first-order valence-corrected chi connectivity index (χ1v) is 14.0. The van der Waals surface area contributed by atoms with Gasteiger partial charge in [-0.25, -0.2) is 8.78 Å². The quantitative estimate of drug-likeness (QED) is 0.399. The summed E-state index contributed by atoms with van der Waals surface area (Å²) in [5, 5.41) is 12.3. The van der Waals surface area contributed by atoms with Gasteiger partial charge in [0.2, 0.25) is 0 Å². The number of fused-ring (bicyclic) bond motifs is 5. The number of piperazine rings is 1. The Morgan fingerprint density at radius 3 is 2.77 bits per heavy atom. The molecule has 8 rings (SSSR count). The zero-order chi connectivity index (χ0) is 26.1. The number of aromatic nitrogens is 4. The van der Waals surface area contributed by atoms with E-state index in [1.807, 2.05) is 30.3 Å². The first kappa shape index (κ1) is 23.5. The maximum Gasteiger partial charge on any atom is 0.319 e. The van der Waals surface area contributed by atoms with Crippen LogP contribution in [0.1, 0.15) is 32.1 Å². The van der Waals surface area contributed by atoms with Gasteiger partial charge in [-0.2, -0.15) is 15.1 Å². The van der Waals surface area contributed by atoms with Crippen LogP contribution in [0.5, 0.6) is 6.01 Å². The van der Waals surface area contributed by atoms with Crippen LogP contribution in [0.3, 0.4) is 0 Å². The number of nitrogens with one attached hydrogen (secondary N) is 2. The molecule has 2 unspecified atom stereocenters. The van der Waals surface area contributed by atoms with Crippen LogP contribution >= 0.6 is 0 Å². The van der Waals surface area contributed by atoms with Gasteiger partial charge in [0, 0.05) is 54.5 Å². The zero-order valence-electron chi connectivity index (χ0n) is 21.7. The van der Waals surface area contributed by atoms with Crippen molar-refractivity contribution in [2.24, 2.45) is 0 Å². The van der Waals surface area contributed by atoms with Gasteiger partial charge in [0.25, 0.3) is 0 Å². The molecule has 8 nitrogen and oxygen atoms in total. The molecule has 202 valence electrons. The molecule has 0 saturated carbocycles. The molecule has 6 heterocycles. The number of H-pyrrole nitrogens is 1. The van der Waals surface area contributed by atoms with E-state index in [1.165, 1.54) is 0 Å². The Kier molecular flexibility index (Phi) is 5.32. The monoisotopic (exact) mass is 531 g/mol. The number of alkyl halides is 1. The molecule has 39 heavy (non-hydrogen) atoms. The van der Waals surface area contributed by atoms with Crippen LogP contribution in [0.2, 0.25) is 0 Å². The van der Waals surface area contributed by atoms with E-state index in [1.54, 1.807) is 6.20 Å². The number of nitrogens with zero attached hydrogens (tertiary/aromatic N) is 5. The molecular weight excluding hydrogens is 500 g/mol. The molecule has 0 amide bonds. The maximum absolute atomic E-state index is 16.4. The lowest BCUT2D eigenvalue weighted by Gasteiger charge is -2.34. The van der Waals surface area contributed by atoms with Crippen molar-refractivity contribution in [1.82, 2.24) is 30.4 Å². The third kappa shape index (κ3) is 3.79. The summed E-state index contributed by atoms with van der Waals surface area (Å²) < 4.78 is 37.0. The smallest absolute Gasteiger partial charge is 0.319 e. The van der Waals surface area contributed by atoms with Crippen molar-refractivity contribution in [3.05, 3.63) is 42.3 Å². The van der Waals surface area contributed by atoms with Gasteiger partial charge in [-0.1, -0.05) is 18.2 Å². The Hall–Kier alpha value is -3.37. The van der Waals surface area contributed by atoms with Crippen molar-refractivity contribution >= 4 is 27.6 Å². The lowest BCUT2D eigenvalue weighted by molar-refractivity contribution is 0.107. The maximum atomic E-state index is 16.4. The Morgan fingerprint density at radius 2 is 1.90 bits per heavy atom. The molecule has 2 bridgehead atoms. The Morgan fingerprint density at radius 1 is 1.03 bits per heavy atom. The first-order valence-electron chi connectivity index (χ1n) is 14.0. The molecule has 2 aromatic carbocycles. The van der Waals surface area contributed by atoms with Gasteiger partial charge < -0.3 is 15.0 Å². The molecule has 0 radical (unpaired) electrons. The highest BCUT2D eigenvalue weighted by Crippen LogP contribution is 2.41. The summed E-state index contributed by atoms with van der Waals surface area (Å²) >= 11 is 0. The van der Waals surface area contributed by atoms with Gasteiger partial charge >= 0.3 is 6.01 Å². The summed E-state index contributed by atoms with van der Waals surface area (Å²) in [5.74, 6) is 0.300. The minimum absolute atomic E-state index is 0.157. The highest BCUT2D eigenvalue weighted by Gasteiger charge is 2.49. The number of hydrogen-bond acceptors (Lipinski definition) is 7. The van der Waals surface area contributed by atoms with Crippen molar-refractivity contribution < 1.29 is 13.5 Å². The molecule has 4 aromatic rings. The van der Waals surface area contributed by atoms with Crippen molar-refractivity contribution in [3.63, 3.8) is 0 Å². The number of hydrogen-bond donors (Lipinski definition) is 2. The highest BCUT2D eigenvalue weighted by molar-refractivity contribution is 5.99. The second-order valence-corrected chi connectivity index (χ2v) is 11.7.